The van der Waals surface area contributed by atoms with Gasteiger partial charge in [-0.05, 0) is 18.9 Å². The first kappa shape index (κ1) is 16.9. The Balaban J connectivity index is 1.81. The van der Waals surface area contributed by atoms with Gasteiger partial charge in [0.05, 0.1) is 17.2 Å². The number of rotatable bonds is 4. The molecular weight excluding hydrogens is 320 g/mol. The van der Waals surface area contributed by atoms with Gasteiger partial charge in [0, 0.05) is 43.2 Å². The van der Waals surface area contributed by atoms with Crippen molar-refractivity contribution >= 4 is 23.1 Å². The Morgan fingerprint density at radius 3 is 2.92 bits per heavy atom. The van der Waals surface area contributed by atoms with Gasteiger partial charge in [-0.25, -0.2) is 9.97 Å². The van der Waals surface area contributed by atoms with E-state index in [2.05, 4.69) is 40.2 Å². The smallest absolute Gasteiger partial charge is 0.223 e. The standard InChI is InChI=1S/C18H24N4OS/c1-13(2)9-17(23)21-7-8-22(11-16-12-24-14(3)20-16)18-15(10-21)5-4-6-19-18/h4-6,12-13H,7-11H2,1-3H3. The lowest BCUT2D eigenvalue weighted by atomic mass is 10.1. The van der Waals surface area contributed by atoms with Crippen molar-refractivity contribution in [3.05, 3.63) is 40.0 Å². The summed E-state index contributed by atoms with van der Waals surface area (Å²) in [6, 6.07) is 4.02. The lowest BCUT2D eigenvalue weighted by Gasteiger charge is -2.23. The second-order valence-electron chi connectivity index (χ2n) is 6.68. The molecule has 0 aliphatic carbocycles. The van der Waals surface area contributed by atoms with Crippen LogP contribution in [0, 0.1) is 12.8 Å². The number of anilines is 1. The fourth-order valence-corrected chi connectivity index (χ4v) is 3.60. The average molecular weight is 344 g/mol. The Kier molecular flexibility index (Phi) is 5.14. The molecule has 0 spiro atoms. The number of pyridine rings is 1. The molecule has 3 heterocycles. The number of thiazole rings is 1. The summed E-state index contributed by atoms with van der Waals surface area (Å²) in [6.45, 7) is 9.08. The van der Waals surface area contributed by atoms with E-state index in [4.69, 9.17) is 0 Å². The Labute approximate surface area is 147 Å². The summed E-state index contributed by atoms with van der Waals surface area (Å²) < 4.78 is 0. The van der Waals surface area contributed by atoms with Gasteiger partial charge in [-0.2, -0.15) is 0 Å². The number of amides is 1. The highest BCUT2D eigenvalue weighted by Gasteiger charge is 2.24. The molecule has 24 heavy (non-hydrogen) atoms. The van der Waals surface area contributed by atoms with Gasteiger partial charge < -0.3 is 9.80 Å². The second-order valence-corrected chi connectivity index (χ2v) is 7.74. The number of hydrogen-bond acceptors (Lipinski definition) is 5. The van der Waals surface area contributed by atoms with Crippen molar-refractivity contribution in [1.82, 2.24) is 14.9 Å². The zero-order valence-electron chi connectivity index (χ0n) is 14.5. The first-order valence-electron chi connectivity index (χ1n) is 8.40. The number of carbonyl (C=O) groups excluding carboxylic acids is 1. The van der Waals surface area contributed by atoms with E-state index in [1.807, 2.05) is 24.1 Å². The first-order valence-corrected chi connectivity index (χ1v) is 9.28. The molecule has 3 rings (SSSR count). The first-order chi connectivity index (χ1) is 11.5. The second kappa shape index (κ2) is 7.30. The van der Waals surface area contributed by atoms with Crippen LogP contribution >= 0.6 is 11.3 Å². The molecule has 5 nitrogen and oxygen atoms in total. The normalized spacial score (nSPS) is 14.7. The molecule has 0 N–H and O–H groups in total. The summed E-state index contributed by atoms with van der Waals surface area (Å²) in [6.07, 6.45) is 2.42. The van der Waals surface area contributed by atoms with Crippen molar-refractivity contribution in [3.8, 4) is 0 Å². The van der Waals surface area contributed by atoms with Crippen molar-refractivity contribution in [2.75, 3.05) is 18.0 Å². The molecular formula is C18H24N4OS. The molecule has 1 aliphatic rings. The maximum absolute atomic E-state index is 12.5. The molecule has 128 valence electrons. The molecule has 1 amide bonds. The van der Waals surface area contributed by atoms with Gasteiger partial charge in [0.2, 0.25) is 5.91 Å². The summed E-state index contributed by atoms with van der Waals surface area (Å²) in [4.78, 5) is 25.9. The monoisotopic (exact) mass is 344 g/mol. The van der Waals surface area contributed by atoms with Crippen LogP contribution in [0.2, 0.25) is 0 Å². The minimum absolute atomic E-state index is 0.228. The number of aromatic nitrogens is 2. The van der Waals surface area contributed by atoms with E-state index in [1.165, 1.54) is 0 Å². The Bertz CT molecular complexity index is 713. The van der Waals surface area contributed by atoms with Crippen molar-refractivity contribution in [2.24, 2.45) is 5.92 Å². The summed E-state index contributed by atoms with van der Waals surface area (Å²) in [5.74, 6) is 1.58. The van der Waals surface area contributed by atoms with Crippen LogP contribution in [0.3, 0.4) is 0 Å². The van der Waals surface area contributed by atoms with Crippen molar-refractivity contribution in [3.63, 3.8) is 0 Å². The quantitative estimate of drug-likeness (QED) is 0.854. The Morgan fingerprint density at radius 2 is 2.21 bits per heavy atom. The molecule has 0 fully saturated rings. The lowest BCUT2D eigenvalue weighted by Crippen LogP contribution is -2.35. The van der Waals surface area contributed by atoms with Gasteiger partial charge in [-0.1, -0.05) is 19.9 Å². The van der Waals surface area contributed by atoms with Crippen LogP contribution in [0.4, 0.5) is 5.82 Å². The van der Waals surface area contributed by atoms with Crippen molar-refractivity contribution in [2.45, 2.75) is 40.3 Å². The number of hydrogen-bond donors (Lipinski definition) is 0. The van der Waals surface area contributed by atoms with Gasteiger partial charge in [0.25, 0.3) is 0 Å². The fourth-order valence-electron chi connectivity index (χ4n) is 2.99. The van der Waals surface area contributed by atoms with E-state index < -0.39 is 0 Å². The third kappa shape index (κ3) is 3.93. The van der Waals surface area contributed by atoms with Crippen LogP contribution in [-0.2, 0) is 17.9 Å². The average Bonchev–Trinajstić information content (AvgIpc) is 2.85. The largest absolute Gasteiger partial charge is 0.349 e. The zero-order valence-corrected chi connectivity index (χ0v) is 15.3. The third-order valence-corrected chi connectivity index (χ3v) is 4.95. The molecule has 1 aliphatic heterocycles. The molecule has 0 aromatic carbocycles. The highest BCUT2D eigenvalue weighted by molar-refractivity contribution is 7.09. The van der Waals surface area contributed by atoms with Crippen molar-refractivity contribution in [1.29, 1.82) is 0 Å². The topological polar surface area (TPSA) is 49.3 Å². The van der Waals surface area contributed by atoms with Crippen molar-refractivity contribution < 1.29 is 4.79 Å². The lowest BCUT2D eigenvalue weighted by molar-refractivity contribution is -0.132. The number of aryl methyl sites for hydroxylation is 1. The molecule has 2 aromatic rings. The van der Waals surface area contributed by atoms with Gasteiger partial charge in [0.15, 0.2) is 0 Å². The van der Waals surface area contributed by atoms with Crippen LogP contribution in [0.1, 0.15) is 36.5 Å². The molecule has 0 bridgehead atoms. The summed E-state index contributed by atoms with van der Waals surface area (Å²) >= 11 is 1.67. The van der Waals surface area contributed by atoms with Crippen LogP contribution < -0.4 is 4.90 Å². The van der Waals surface area contributed by atoms with Crippen LogP contribution in [0.25, 0.3) is 0 Å². The van der Waals surface area contributed by atoms with E-state index in [9.17, 15) is 4.79 Å². The zero-order chi connectivity index (χ0) is 17.1. The number of nitrogens with zero attached hydrogens (tertiary/aromatic N) is 4. The molecule has 2 aromatic heterocycles. The van der Waals surface area contributed by atoms with E-state index in [-0.39, 0.29) is 5.91 Å². The van der Waals surface area contributed by atoms with E-state index in [0.717, 1.165) is 41.7 Å². The predicted molar refractivity (Wildman–Crippen MR) is 97.0 cm³/mol. The van der Waals surface area contributed by atoms with Gasteiger partial charge in [-0.3, -0.25) is 4.79 Å². The highest BCUT2D eigenvalue weighted by Crippen LogP contribution is 2.25. The molecule has 0 saturated carbocycles. The fraction of sp³-hybridized carbons (Fsp3) is 0.500. The third-order valence-electron chi connectivity index (χ3n) is 4.12. The van der Waals surface area contributed by atoms with Gasteiger partial charge in [-0.15, -0.1) is 11.3 Å². The van der Waals surface area contributed by atoms with E-state index in [1.54, 1.807) is 11.3 Å². The number of fused-ring (bicyclic) bond motifs is 1. The van der Waals surface area contributed by atoms with Crippen LogP contribution in [-0.4, -0.2) is 33.9 Å². The van der Waals surface area contributed by atoms with Crippen LogP contribution in [0.5, 0.6) is 0 Å². The summed E-state index contributed by atoms with van der Waals surface area (Å²) in [7, 11) is 0. The molecule has 0 radical (unpaired) electrons. The SMILES string of the molecule is Cc1nc(CN2CCN(C(=O)CC(C)C)Cc3cccnc32)cs1. The van der Waals surface area contributed by atoms with Gasteiger partial charge >= 0.3 is 0 Å². The minimum atomic E-state index is 0.228. The maximum atomic E-state index is 12.5. The number of carbonyl (C=O) groups is 1. The minimum Gasteiger partial charge on any atom is -0.349 e. The molecule has 0 unspecified atom stereocenters. The Hall–Kier alpha value is -1.95. The predicted octanol–water partition coefficient (Wildman–Crippen LogP) is 3.24. The summed E-state index contributed by atoms with van der Waals surface area (Å²) in [5, 5.41) is 3.18. The molecule has 6 heteroatoms. The highest BCUT2D eigenvalue weighted by atomic mass is 32.1. The summed E-state index contributed by atoms with van der Waals surface area (Å²) in [5.41, 5.74) is 2.18. The molecule has 0 saturated heterocycles. The van der Waals surface area contributed by atoms with Gasteiger partial charge in [0.1, 0.15) is 5.82 Å². The Morgan fingerprint density at radius 1 is 1.38 bits per heavy atom. The molecule has 0 atom stereocenters. The van der Waals surface area contributed by atoms with E-state index in [0.29, 0.717) is 18.9 Å². The maximum Gasteiger partial charge on any atom is 0.223 e. The van der Waals surface area contributed by atoms with Crippen LogP contribution in [0.15, 0.2) is 23.7 Å². The van der Waals surface area contributed by atoms with E-state index >= 15 is 0 Å².